The number of halogens is 2. The minimum Gasteiger partial charge on any atom is -0.359 e. The molecule has 2 rings (SSSR count). The summed E-state index contributed by atoms with van der Waals surface area (Å²) in [6.45, 7) is 0. The normalized spacial score (nSPS) is 10.3. The third kappa shape index (κ3) is 1.99. The number of aromatic amines is 1. The van der Waals surface area contributed by atoms with Gasteiger partial charge in [0.25, 0.3) is 0 Å². The molecule has 1 heterocycles. The van der Waals surface area contributed by atoms with Gasteiger partial charge in [0.15, 0.2) is 0 Å². The topological polar surface area (TPSA) is 32.9 Å². The predicted molar refractivity (Wildman–Crippen MR) is 58.3 cm³/mol. The number of hydrogen-bond acceptors (Lipinski definition) is 1. The Balaban J connectivity index is 2.39. The third-order valence-corrected chi connectivity index (χ3v) is 2.67. The van der Waals surface area contributed by atoms with E-state index in [0.29, 0.717) is 15.7 Å². The first-order valence-corrected chi connectivity index (χ1v) is 5.11. The number of carbonyl (C=O) groups is 1. The number of rotatable bonds is 2. The summed E-state index contributed by atoms with van der Waals surface area (Å²) in [6, 6.07) is 7.69. The summed E-state index contributed by atoms with van der Waals surface area (Å²) in [4.78, 5) is 14.5. The number of aromatic nitrogens is 1. The number of nitrogens with one attached hydrogen (secondary N) is 1. The highest BCUT2D eigenvalue weighted by atomic mass is 79.9. The maximum absolute atomic E-state index is 13.2. The minimum atomic E-state index is -0.438. The van der Waals surface area contributed by atoms with Crippen LogP contribution in [0.1, 0.15) is 16.1 Å². The van der Waals surface area contributed by atoms with Gasteiger partial charge in [-0.25, -0.2) is 4.39 Å². The molecule has 0 fully saturated rings. The highest BCUT2D eigenvalue weighted by molar-refractivity contribution is 9.10. The zero-order valence-corrected chi connectivity index (χ0v) is 9.21. The molecule has 0 aliphatic rings. The molecule has 0 radical (unpaired) electrons. The van der Waals surface area contributed by atoms with Gasteiger partial charge in [0.2, 0.25) is 5.78 Å². The molecule has 0 amide bonds. The van der Waals surface area contributed by atoms with Crippen LogP contribution in [0.15, 0.2) is 41.0 Å². The Hall–Kier alpha value is -1.42. The van der Waals surface area contributed by atoms with Gasteiger partial charge >= 0.3 is 0 Å². The summed E-state index contributed by atoms with van der Waals surface area (Å²) in [6.07, 6.45) is 1.66. The van der Waals surface area contributed by atoms with Crippen LogP contribution in [0, 0.1) is 5.82 Å². The second-order valence-corrected chi connectivity index (χ2v) is 3.90. The second kappa shape index (κ2) is 3.98. The average molecular weight is 268 g/mol. The lowest BCUT2D eigenvalue weighted by atomic mass is 10.1. The van der Waals surface area contributed by atoms with Crippen molar-refractivity contribution in [3.63, 3.8) is 0 Å². The maximum atomic E-state index is 13.2. The van der Waals surface area contributed by atoms with Crippen molar-refractivity contribution in [2.75, 3.05) is 0 Å². The van der Waals surface area contributed by atoms with Crippen molar-refractivity contribution in [2.45, 2.75) is 0 Å². The molecule has 4 heteroatoms. The van der Waals surface area contributed by atoms with E-state index >= 15 is 0 Å². The Morgan fingerprint density at radius 1 is 1.33 bits per heavy atom. The Labute approximate surface area is 94.3 Å². The molecule has 0 atom stereocenters. The SMILES string of the molecule is O=C(c1ccc(Br)c(F)c1)c1ccc[nH]1. The largest absolute Gasteiger partial charge is 0.359 e. The van der Waals surface area contributed by atoms with E-state index in [4.69, 9.17) is 0 Å². The maximum Gasteiger partial charge on any atom is 0.209 e. The molecule has 2 nitrogen and oxygen atoms in total. The van der Waals surface area contributed by atoms with E-state index < -0.39 is 5.82 Å². The Kier molecular flexibility index (Phi) is 2.68. The number of H-pyrrole nitrogens is 1. The van der Waals surface area contributed by atoms with Crippen molar-refractivity contribution in [3.8, 4) is 0 Å². The Bertz CT molecular complexity index is 493. The lowest BCUT2D eigenvalue weighted by Gasteiger charge is -2.00. The van der Waals surface area contributed by atoms with Crippen LogP contribution in [0.4, 0.5) is 4.39 Å². The first-order chi connectivity index (χ1) is 7.18. The van der Waals surface area contributed by atoms with Gasteiger partial charge in [-0.05, 0) is 46.3 Å². The summed E-state index contributed by atoms with van der Waals surface area (Å²) < 4.78 is 13.5. The lowest BCUT2D eigenvalue weighted by Crippen LogP contribution is -2.01. The van der Waals surface area contributed by atoms with Gasteiger partial charge in [-0.15, -0.1) is 0 Å². The molecule has 0 unspecified atom stereocenters. The summed E-state index contributed by atoms with van der Waals surface area (Å²) in [5.41, 5.74) is 0.787. The Morgan fingerprint density at radius 3 is 2.73 bits per heavy atom. The summed E-state index contributed by atoms with van der Waals surface area (Å²) in [5, 5.41) is 0. The monoisotopic (exact) mass is 267 g/mol. The molecule has 2 aromatic rings. The van der Waals surface area contributed by atoms with Gasteiger partial charge in [0.05, 0.1) is 10.2 Å². The number of carbonyl (C=O) groups excluding carboxylic acids is 1. The van der Waals surface area contributed by atoms with Crippen molar-refractivity contribution >= 4 is 21.7 Å². The van der Waals surface area contributed by atoms with Crippen LogP contribution >= 0.6 is 15.9 Å². The van der Waals surface area contributed by atoms with Crippen molar-refractivity contribution in [1.29, 1.82) is 0 Å². The van der Waals surface area contributed by atoms with Gasteiger partial charge in [-0.3, -0.25) is 4.79 Å². The van der Waals surface area contributed by atoms with Crippen LogP contribution in [0.5, 0.6) is 0 Å². The molecule has 1 aromatic heterocycles. The van der Waals surface area contributed by atoms with Crippen LogP contribution in [-0.2, 0) is 0 Å². The van der Waals surface area contributed by atoms with Crippen LogP contribution in [0.25, 0.3) is 0 Å². The van der Waals surface area contributed by atoms with Crippen LogP contribution < -0.4 is 0 Å². The van der Waals surface area contributed by atoms with E-state index in [1.165, 1.54) is 12.1 Å². The van der Waals surface area contributed by atoms with Gasteiger partial charge in [0.1, 0.15) is 5.82 Å². The van der Waals surface area contributed by atoms with E-state index in [2.05, 4.69) is 20.9 Å². The smallest absolute Gasteiger partial charge is 0.209 e. The molecule has 0 aliphatic heterocycles. The van der Waals surface area contributed by atoms with Crippen molar-refractivity contribution in [1.82, 2.24) is 4.98 Å². The van der Waals surface area contributed by atoms with Crippen molar-refractivity contribution in [3.05, 3.63) is 58.1 Å². The van der Waals surface area contributed by atoms with E-state index in [9.17, 15) is 9.18 Å². The number of hydrogen-bond donors (Lipinski definition) is 1. The van der Waals surface area contributed by atoms with Crippen molar-refractivity contribution in [2.24, 2.45) is 0 Å². The second-order valence-electron chi connectivity index (χ2n) is 3.04. The first-order valence-electron chi connectivity index (χ1n) is 4.31. The lowest BCUT2D eigenvalue weighted by molar-refractivity contribution is 0.103. The number of benzene rings is 1. The van der Waals surface area contributed by atoms with E-state index in [0.717, 1.165) is 0 Å². The van der Waals surface area contributed by atoms with Crippen LogP contribution in [0.2, 0.25) is 0 Å². The number of ketones is 1. The van der Waals surface area contributed by atoms with Gasteiger partial charge in [-0.2, -0.15) is 0 Å². The van der Waals surface area contributed by atoms with Crippen LogP contribution in [0.3, 0.4) is 0 Å². The van der Waals surface area contributed by atoms with Gasteiger partial charge < -0.3 is 4.98 Å². The zero-order chi connectivity index (χ0) is 10.8. The van der Waals surface area contributed by atoms with Gasteiger partial charge in [0, 0.05) is 11.8 Å². The Morgan fingerprint density at radius 2 is 2.13 bits per heavy atom. The molecule has 0 aliphatic carbocycles. The summed E-state index contributed by atoms with van der Waals surface area (Å²) >= 11 is 3.03. The molecule has 0 saturated heterocycles. The summed E-state index contributed by atoms with van der Waals surface area (Å²) in [5.74, 6) is -0.654. The molecule has 1 N–H and O–H groups in total. The van der Waals surface area contributed by atoms with E-state index in [1.807, 2.05) is 0 Å². The molecule has 0 saturated carbocycles. The fourth-order valence-corrected chi connectivity index (χ4v) is 1.51. The third-order valence-electron chi connectivity index (χ3n) is 2.02. The molecule has 0 bridgehead atoms. The quantitative estimate of drug-likeness (QED) is 0.834. The fourth-order valence-electron chi connectivity index (χ4n) is 1.26. The average Bonchev–Trinajstić information content (AvgIpc) is 2.74. The molecule has 76 valence electrons. The predicted octanol–water partition coefficient (Wildman–Crippen LogP) is 3.15. The van der Waals surface area contributed by atoms with Gasteiger partial charge in [-0.1, -0.05) is 0 Å². The molecule has 15 heavy (non-hydrogen) atoms. The van der Waals surface area contributed by atoms with Crippen molar-refractivity contribution < 1.29 is 9.18 Å². The first kappa shape index (κ1) is 10.1. The molecular formula is C11H7BrFNO. The summed E-state index contributed by atoms with van der Waals surface area (Å²) in [7, 11) is 0. The van der Waals surface area contributed by atoms with E-state index in [-0.39, 0.29) is 5.78 Å². The highest BCUT2D eigenvalue weighted by Gasteiger charge is 2.11. The van der Waals surface area contributed by atoms with Crippen LogP contribution in [-0.4, -0.2) is 10.8 Å². The van der Waals surface area contributed by atoms with E-state index in [1.54, 1.807) is 24.4 Å². The standard InChI is InChI=1S/C11H7BrFNO/c12-8-4-3-7(6-9(8)13)11(15)10-2-1-5-14-10/h1-6,14H. The highest BCUT2D eigenvalue weighted by Crippen LogP contribution is 2.18. The minimum absolute atomic E-state index is 0.216. The fraction of sp³-hybridized carbons (Fsp3) is 0. The molecule has 0 spiro atoms. The zero-order valence-electron chi connectivity index (χ0n) is 7.63. The molecular weight excluding hydrogens is 261 g/mol. The molecule has 1 aromatic carbocycles.